The molecule has 0 aromatic rings. The van der Waals surface area contributed by atoms with Crippen molar-refractivity contribution in [1.82, 2.24) is 0 Å². The van der Waals surface area contributed by atoms with Crippen LogP contribution in [-0.4, -0.2) is 11.9 Å². The molecular formula is C7H16N2O. The number of nitrogens with two attached hydrogens (primary N) is 2. The third kappa shape index (κ3) is 3.45. The monoisotopic (exact) mass is 144 g/mol. The van der Waals surface area contributed by atoms with E-state index in [1.165, 1.54) is 0 Å². The summed E-state index contributed by atoms with van der Waals surface area (Å²) in [5.74, 6) is 0.0697. The predicted octanol–water partition coefficient (Wildman–Crippen LogP) is 0.235. The van der Waals surface area contributed by atoms with Gasteiger partial charge >= 0.3 is 0 Å². The Hall–Kier alpha value is -0.570. The SMILES string of the molecule is CCC(C)C(N)CC(N)=O. The molecule has 0 saturated heterocycles. The molecule has 0 aliphatic carbocycles. The normalized spacial score (nSPS) is 16.3. The zero-order valence-corrected chi connectivity index (χ0v) is 6.63. The molecule has 0 aliphatic heterocycles. The molecule has 0 radical (unpaired) electrons. The maximum absolute atomic E-state index is 10.4. The minimum absolute atomic E-state index is 0.0671. The standard InChI is InChI=1S/C7H16N2O/c1-3-5(2)6(8)4-7(9)10/h5-6H,3-4,8H2,1-2H3,(H2,9,10). The maximum atomic E-state index is 10.4. The lowest BCUT2D eigenvalue weighted by Crippen LogP contribution is -2.32. The second-order valence-corrected chi connectivity index (χ2v) is 2.72. The first-order chi connectivity index (χ1) is 4.57. The van der Waals surface area contributed by atoms with Crippen molar-refractivity contribution in [3.05, 3.63) is 0 Å². The summed E-state index contributed by atoms with van der Waals surface area (Å²) in [5.41, 5.74) is 10.6. The van der Waals surface area contributed by atoms with Gasteiger partial charge in [0.1, 0.15) is 0 Å². The molecule has 0 saturated carbocycles. The van der Waals surface area contributed by atoms with Crippen LogP contribution >= 0.6 is 0 Å². The Kier molecular flexibility index (Phi) is 4.03. The Balaban J connectivity index is 3.61. The third-order valence-corrected chi connectivity index (χ3v) is 1.81. The van der Waals surface area contributed by atoms with E-state index in [0.29, 0.717) is 12.3 Å². The van der Waals surface area contributed by atoms with E-state index < -0.39 is 0 Å². The van der Waals surface area contributed by atoms with Crippen molar-refractivity contribution in [2.45, 2.75) is 32.7 Å². The predicted molar refractivity (Wildman–Crippen MR) is 41.2 cm³/mol. The van der Waals surface area contributed by atoms with Gasteiger partial charge in [0.15, 0.2) is 0 Å². The van der Waals surface area contributed by atoms with Crippen molar-refractivity contribution >= 4 is 5.91 Å². The zero-order valence-electron chi connectivity index (χ0n) is 6.63. The van der Waals surface area contributed by atoms with Crippen LogP contribution in [0.3, 0.4) is 0 Å². The van der Waals surface area contributed by atoms with Gasteiger partial charge in [0.05, 0.1) is 0 Å². The average Bonchev–Trinajstić information content (AvgIpc) is 1.85. The molecule has 0 heterocycles. The molecule has 0 fully saturated rings. The van der Waals surface area contributed by atoms with E-state index in [1.54, 1.807) is 0 Å². The van der Waals surface area contributed by atoms with E-state index in [9.17, 15) is 4.79 Å². The summed E-state index contributed by atoms with van der Waals surface area (Å²) in [6.07, 6.45) is 1.30. The van der Waals surface area contributed by atoms with Crippen molar-refractivity contribution in [1.29, 1.82) is 0 Å². The van der Waals surface area contributed by atoms with Crippen molar-refractivity contribution in [3.63, 3.8) is 0 Å². The van der Waals surface area contributed by atoms with Crippen molar-refractivity contribution in [2.24, 2.45) is 17.4 Å². The molecule has 2 atom stereocenters. The Labute approximate surface area is 61.8 Å². The van der Waals surface area contributed by atoms with Crippen LogP contribution in [0.5, 0.6) is 0 Å². The van der Waals surface area contributed by atoms with Gasteiger partial charge in [-0.2, -0.15) is 0 Å². The van der Waals surface area contributed by atoms with Gasteiger partial charge in [0, 0.05) is 12.5 Å². The lowest BCUT2D eigenvalue weighted by atomic mass is 9.97. The van der Waals surface area contributed by atoms with E-state index in [-0.39, 0.29) is 11.9 Å². The highest BCUT2D eigenvalue weighted by atomic mass is 16.1. The molecule has 0 aromatic carbocycles. The van der Waals surface area contributed by atoms with Crippen molar-refractivity contribution in [3.8, 4) is 0 Å². The average molecular weight is 144 g/mol. The summed E-state index contributed by atoms with van der Waals surface area (Å²) in [5, 5.41) is 0. The van der Waals surface area contributed by atoms with Crippen LogP contribution in [0.4, 0.5) is 0 Å². The molecule has 3 heteroatoms. The van der Waals surface area contributed by atoms with Crippen LogP contribution in [0, 0.1) is 5.92 Å². The zero-order chi connectivity index (χ0) is 8.15. The third-order valence-electron chi connectivity index (χ3n) is 1.81. The Morgan fingerprint density at radius 2 is 2.10 bits per heavy atom. The molecule has 10 heavy (non-hydrogen) atoms. The largest absolute Gasteiger partial charge is 0.370 e. The van der Waals surface area contributed by atoms with Gasteiger partial charge < -0.3 is 11.5 Å². The highest BCUT2D eigenvalue weighted by Crippen LogP contribution is 2.07. The molecule has 4 N–H and O–H groups in total. The van der Waals surface area contributed by atoms with Gasteiger partial charge in [-0.15, -0.1) is 0 Å². The summed E-state index contributed by atoms with van der Waals surface area (Å²) < 4.78 is 0. The number of hydrogen-bond donors (Lipinski definition) is 2. The topological polar surface area (TPSA) is 69.1 Å². The second-order valence-electron chi connectivity index (χ2n) is 2.72. The minimum atomic E-state index is -0.312. The first-order valence-corrected chi connectivity index (χ1v) is 3.61. The number of primary amides is 1. The van der Waals surface area contributed by atoms with E-state index in [2.05, 4.69) is 0 Å². The Morgan fingerprint density at radius 1 is 1.60 bits per heavy atom. The molecule has 0 aliphatic rings. The van der Waals surface area contributed by atoms with Crippen LogP contribution in [-0.2, 0) is 4.79 Å². The lowest BCUT2D eigenvalue weighted by Gasteiger charge is -2.15. The molecule has 3 nitrogen and oxygen atoms in total. The van der Waals surface area contributed by atoms with E-state index in [4.69, 9.17) is 11.5 Å². The van der Waals surface area contributed by atoms with Crippen LogP contribution in [0.2, 0.25) is 0 Å². The fourth-order valence-electron chi connectivity index (χ4n) is 0.736. The quantitative estimate of drug-likeness (QED) is 0.593. The van der Waals surface area contributed by atoms with E-state index in [1.807, 2.05) is 13.8 Å². The van der Waals surface area contributed by atoms with Gasteiger partial charge in [0.2, 0.25) is 5.91 Å². The van der Waals surface area contributed by atoms with Gasteiger partial charge in [-0.3, -0.25) is 4.79 Å². The van der Waals surface area contributed by atoms with Crippen molar-refractivity contribution in [2.75, 3.05) is 0 Å². The van der Waals surface area contributed by atoms with Gasteiger partial charge in [-0.05, 0) is 5.92 Å². The molecule has 0 spiro atoms. The summed E-state index contributed by atoms with van der Waals surface area (Å²) in [6, 6.07) is -0.0671. The van der Waals surface area contributed by atoms with Crippen LogP contribution in [0.1, 0.15) is 26.7 Å². The first-order valence-electron chi connectivity index (χ1n) is 3.61. The first kappa shape index (κ1) is 9.43. The Bertz CT molecular complexity index is 114. The highest BCUT2D eigenvalue weighted by molar-refractivity contribution is 5.74. The molecule has 0 aromatic heterocycles. The summed E-state index contributed by atoms with van der Waals surface area (Å²) in [4.78, 5) is 10.4. The molecular weight excluding hydrogens is 128 g/mol. The molecule has 2 unspecified atom stereocenters. The number of carbonyl (C=O) groups is 1. The molecule has 1 amide bonds. The van der Waals surface area contributed by atoms with Gasteiger partial charge in [-0.25, -0.2) is 0 Å². The van der Waals surface area contributed by atoms with Crippen LogP contribution in [0.15, 0.2) is 0 Å². The summed E-state index contributed by atoms with van der Waals surface area (Å²) >= 11 is 0. The molecule has 60 valence electrons. The maximum Gasteiger partial charge on any atom is 0.218 e. The lowest BCUT2D eigenvalue weighted by molar-refractivity contribution is -0.118. The number of rotatable bonds is 4. The second kappa shape index (κ2) is 4.28. The van der Waals surface area contributed by atoms with Gasteiger partial charge in [0.25, 0.3) is 0 Å². The number of carbonyl (C=O) groups excluding carboxylic acids is 1. The van der Waals surface area contributed by atoms with E-state index >= 15 is 0 Å². The summed E-state index contributed by atoms with van der Waals surface area (Å²) in [7, 11) is 0. The van der Waals surface area contributed by atoms with Crippen LogP contribution in [0.25, 0.3) is 0 Å². The highest BCUT2D eigenvalue weighted by Gasteiger charge is 2.12. The molecule has 0 rings (SSSR count). The fourth-order valence-corrected chi connectivity index (χ4v) is 0.736. The van der Waals surface area contributed by atoms with E-state index in [0.717, 1.165) is 6.42 Å². The smallest absolute Gasteiger partial charge is 0.218 e. The molecule has 0 bridgehead atoms. The minimum Gasteiger partial charge on any atom is -0.370 e. The number of amides is 1. The summed E-state index contributed by atoms with van der Waals surface area (Å²) in [6.45, 7) is 4.07. The van der Waals surface area contributed by atoms with Crippen LogP contribution < -0.4 is 11.5 Å². The Morgan fingerprint density at radius 3 is 2.40 bits per heavy atom. The van der Waals surface area contributed by atoms with Gasteiger partial charge in [-0.1, -0.05) is 20.3 Å². The fraction of sp³-hybridized carbons (Fsp3) is 0.857. The van der Waals surface area contributed by atoms with Crippen molar-refractivity contribution < 1.29 is 4.79 Å². The number of hydrogen-bond acceptors (Lipinski definition) is 2.